The highest BCUT2D eigenvalue weighted by Crippen LogP contribution is 2.18. The molecule has 2 aromatic carbocycles. The van der Waals surface area contributed by atoms with E-state index in [-0.39, 0.29) is 23.8 Å². The number of nitrogens with two attached hydrogens (primary N) is 1. The minimum absolute atomic E-state index is 0.0215. The lowest BCUT2D eigenvalue weighted by atomic mass is 9.98. The van der Waals surface area contributed by atoms with Crippen LogP contribution in [-0.4, -0.2) is 33.6 Å². The predicted octanol–water partition coefficient (Wildman–Crippen LogP) is 1.91. The molecule has 0 aromatic heterocycles. The van der Waals surface area contributed by atoms with E-state index in [1.165, 1.54) is 19.1 Å². The lowest BCUT2D eigenvalue weighted by molar-refractivity contribution is -0.384. The van der Waals surface area contributed by atoms with Gasteiger partial charge in [-0.25, -0.2) is 4.79 Å². The van der Waals surface area contributed by atoms with E-state index in [2.05, 4.69) is 5.73 Å². The van der Waals surface area contributed by atoms with Crippen molar-refractivity contribution in [3.63, 3.8) is 0 Å². The molecular formula is C18H20N2O6. The van der Waals surface area contributed by atoms with Gasteiger partial charge in [-0.15, -0.1) is 0 Å². The van der Waals surface area contributed by atoms with E-state index in [0.717, 1.165) is 11.1 Å². The number of carboxylic acid groups (broad SMARTS) is 1. The van der Waals surface area contributed by atoms with Crippen LogP contribution in [-0.2, 0) is 17.6 Å². The summed E-state index contributed by atoms with van der Waals surface area (Å²) in [4.78, 5) is 30.6. The Labute approximate surface area is 150 Å². The number of nitrogens with zero attached hydrogens (tertiary/aromatic N) is 1. The van der Waals surface area contributed by atoms with Gasteiger partial charge < -0.3 is 15.9 Å². The summed E-state index contributed by atoms with van der Waals surface area (Å²) >= 11 is 0. The summed E-state index contributed by atoms with van der Waals surface area (Å²) in [6.07, 6.45) is 0.775. The highest BCUT2D eigenvalue weighted by atomic mass is 16.6. The number of nitro groups is 1. The number of rotatable bonds is 6. The largest absolute Gasteiger partial charge is 0.478 e. The van der Waals surface area contributed by atoms with Crippen molar-refractivity contribution in [1.82, 2.24) is 0 Å². The third kappa shape index (κ3) is 6.70. The molecule has 4 N–H and O–H groups in total. The van der Waals surface area contributed by atoms with Gasteiger partial charge in [-0.2, -0.15) is 0 Å². The lowest BCUT2D eigenvalue weighted by Gasteiger charge is -2.08. The number of carbonyl (C=O) groups is 2. The van der Waals surface area contributed by atoms with Crippen molar-refractivity contribution in [3.8, 4) is 0 Å². The number of hydrogen-bond acceptors (Lipinski definition) is 5. The molecule has 0 aliphatic carbocycles. The Morgan fingerprint density at radius 2 is 1.65 bits per heavy atom. The van der Waals surface area contributed by atoms with Crippen molar-refractivity contribution in [2.24, 2.45) is 5.73 Å². The molecule has 0 atom stereocenters. The van der Waals surface area contributed by atoms with Crippen molar-refractivity contribution in [3.05, 3.63) is 74.8 Å². The van der Waals surface area contributed by atoms with E-state index in [0.29, 0.717) is 18.4 Å². The molecule has 2 rings (SSSR count). The third-order valence-electron chi connectivity index (χ3n) is 3.34. The van der Waals surface area contributed by atoms with E-state index < -0.39 is 10.9 Å². The molecule has 0 saturated heterocycles. The summed E-state index contributed by atoms with van der Waals surface area (Å²) in [6.45, 7) is 1.20. The van der Waals surface area contributed by atoms with Crippen LogP contribution in [0, 0.1) is 10.1 Å². The molecule has 2 aromatic rings. The standard InChI is InChI=1S/C16H15NO5.C2H5NO/c18-8-7-13-4-1-12(10-15(13)16(19)20)9-11-2-5-14(6-3-11)17(21)22;1-2(3)4/h1-6,10,18H,7-9H2,(H,19,20);1H3,(H2,3,4). The summed E-state index contributed by atoms with van der Waals surface area (Å²) in [7, 11) is 0. The summed E-state index contributed by atoms with van der Waals surface area (Å²) < 4.78 is 0. The van der Waals surface area contributed by atoms with E-state index >= 15 is 0 Å². The Morgan fingerprint density at radius 3 is 2.12 bits per heavy atom. The van der Waals surface area contributed by atoms with Gasteiger partial charge in [0.2, 0.25) is 5.91 Å². The fraction of sp³-hybridized carbons (Fsp3) is 0.222. The maximum atomic E-state index is 11.3. The SMILES string of the molecule is CC(N)=O.O=C(O)c1cc(Cc2ccc([N+](=O)[O-])cc2)ccc1CCO. The molecule has 0 heterocycles. The Morgan fingerprint density at radius 1 is 1.12 bits per heavy atom. The zero-order chi connectivity index (χ0) is 19.7. The van der Waals surface area contributed by atoms with Crippen LogP contribution in [0.5, 0.6) is 0 Å². The maximum Gasteiger partial charge on any atom is 0.335 e. The predicted molar refractivity (Wildman–Crippen MR) is 95.0 cm³/mol. The number of nitro benzene ring substituents is 1. The molecule has 8 heteroatoms. The van der Waals surface area contributed by atoms with Crippen LogP contribution in [0.4, 0.5) is 5.69 Å². The van der Waals surface area contributed by atoms with E-state index in [4.69, 9.17) is 5.11 Å². The van der Waals surface area contributed by atoms with Gasteiger partial charge in [0.25, 0.3) is 5.69 Å². The summed E-state index contributed by atoms with van der Waals surface area (Å²) in [5.74, 6) is -1.37. The van der Waals surface area contributed by atoms with Crippen LogP contribution in [0.1, 0.15) is 34.0 Å². The van der Waals surface area contributed by atoms with Crippen LogP contribution in [0.3, 0.4) is 0 Å². The molecule has 0 saturated carbocycles. The van der Waals surface area contributed by atoms with Gasteiger partial charge in [0.05, 0.1) is 10.5 Å². The Kier molecular flexibility index (Phi) is 7.91. The minimum Gasteiger partial charge on any atom is -0.478 e. The molecule has 8 nitrogen and oxygen atoms in total. The number of aliphatic hydroxyl groups is 1. The monoisotopic (exact) mass is 360 g/mol. The number of hydrogen-bond donors (Lipinski definition) is 3. The second-order valence-corrected chi connectivity index (χ2v) is 5.48. The molecule has 0 fully saturated rings. The van der Waals surface area contributed by atoms with Crippen LogP contribution in [0.25, 0.3) is 0 Å². The van der Waals surface area contributed by atoms with E-state index in [9.17, 15) is 24.8 Å². The molecule has 26 heavy (non-hydrogen) atoms. The van der Waals surface area contributed by atoms with Gasteiger partial charge >= 0.3 is 5.97 Å². The highest BCUT2D eigenvalue weighted by Gasteiger charge is 2.11. The quantitative estimate of drug-likeness (QED) is 0.530. The number of aromatic carboxylic acids is 1. The van der Waals surface area contributed by atoms with Crippen molar-refractivity contribution in [2.75, 3.05) is 6.61 Å². The van der Waals surface area contributed by atoms with Gasteiger partial charge in [0.15, 0.2) is 0 Å². The van der Waals surface area contributed by atoms with E-state index in [1.807, 2.05) is 0 Å². The zero-order valence-electron chi connectivity index (χ0n) is 14.2. The number of benzene rings is 2. The normalized spacial score (nSPS) is 9.77. The van der Waals surface area contributed by atoms with Gasteiger partial charge in [0.1, 0.15) is 0 Å². The fourth-order valence-electron chi connectivity index (χ4n) is 2.24. The maximum absolute atomic E-state index is 11.3. The lowest BCUT2D eigenvalue weighted by Crippen LogP contribution is -2.05. The number of carboxylic acids is 1. The second kappa shape index (κ2) is 9.90. The van der Waals surface area contributed by atoms with Crippen LogP contribution in [0.2, 0.25) is 0 Å². The van der Waals surface area contributed by atoms with Gasteiger partial charge in [0, 0.05) is 25.7 Å². The Bertz CT molecular complexity index is 783. The smallest absolute Gasteiger partial charge is 0.335 e. The zero-order valence-corrected chi connectivity index (χ0v) is 14.2. The second-order valence-electron chi connectivity index (χ2n) is 5.48. The molecule has 0 aliphatic rings. The number of primary amides is 1. The number of carbonyl (C=O) groups excluding carboxylic acids is 1. The fourth-order valence-corrected chi connectivity index (χ4v) is 2.24. The van der Waals surface area contributed by atoms with Crippen molar-refractivity contribution in [2.45, 2.75) is 19.8 Å². The minimum atomic E-state index is -1.03. The number of amides is 1. The molecule has 0 bridgehead atoms. The van der Waals surface area contributed by atoms with Gasteiger partial charge in [-0.3, -0.25) is 14.9 Å². The molecule has 0 unspecified atom stereocenters. The van der Waals surface area contributed by atoms with Crippen LogP contribution in [0.15, 0.2) is 42.5 Å². The third-order valence-corrected chi connectivity index (χ3v) is 3.34. The van der Waals surface area contributed by atoms with Crippen LogP contribution >= 0.6 is 0 Å². The molecule has 0 radical (unpaired) electrons. The summed E-state index contributed by atoms with van der Waals surface area (Å²) in [5.41, 5.74) is 6.91. The topological polar surface area (TPSA) is 144 Å². The first-order valence-corrected chi connectivity index (χ1v) is 7.70. The Balaban J connectivity index is 0.000000765. The molecule has 1 amide bonds. The van der Waals surface area contributed by atoms with Crippen molar-refractivity contribution < 1.29 is 24.7 Å². The van der Waals surface area contributed by atoms with Crippen LogP contribution < -0.4 is 5.73 Å². The van der Waals surface area contributed by atoms with E-state index in [1.54, 1.807) is 30.3 Å². The molecule has 0 spiro atoms. The number of non-ortho nitro benzene ring substituents is 1. The average molecular weight is 360 g/mol. The highest BCUT2D eigenvalue weighted by molar-refractivity contribution is 5.89. The van der Waals surface area contributed by atoms with Gasteiger partial charge in [-0.1, -0.05) is 24.3 Å². The molecule has 138 valence electrons. The first-order chi connectivity index (χ1) is 12.2. The summed E-state index contributed by atoms with van der Waals surface area (Å²) in [6, 6.07) is 11.2. The first kappa shape index (κ1) is 20.8. The average Bonchev–Trinajstić information content (AvgIpc) is 2.56. The van der Waals surface area contributed by atoms with Crippen molar-refractivity contribution in [1.29, 1.82) is 0 Å². The van der Waals surface area contributed by atoms with Crippen molar-refractivity contribution >= 4 is 17.6 Å². The number of aliphatic hydroxyl groups excluding tert-OH is 1. The molecular weight excluding hydrogens is 340 g/mol. The van der Waals surface area contributed by atoms with Gasteiger partial charge in [-0.05, 0) is 35.6 Å². The Hall–Kier alpha value is -3.26. The summed E-state index contributed by atoms with van der Waals surface area (Å²) in [5, 5.41) is 28.8. The first-order valence-electron chi connectivity index (χ1n) is 7.70. The molecule has 0 aliphatic heterocycles.